The fourth-order valence-electron chi connectivity index (χ4n) is 4.21. The third-order valence-corrected chi connectivity index (χ3v) is 6.06. The van der Waals surface area contributed by atoms with E-state index < -0.39 is 5.60 Å². The Morgan fingerprint density at radius 3 is 2.26 bits per heavy atom. The number of nitrogens with zero attached hydrogens (tertiary/aromatic N) is 3. The highest BCUT2D eigenvalue weighted by atomic mass is 16.6. The van der Waals surface area contributed by atoms with Crippen LogP contribution in [0.25, 0.3) is 0 Å². The Morgan fingerprint density at radius 1 is 0.968 bits per heavy atom. The van der Waals surface area contributed by atoms with Gasteiger partial charge in [0.2, 0.25) is 0 Å². The summed E-state index contributed by atoms with van der Waals surface area (Å²) in [6.45, 7) is 13.8. The molecule has 2 heterocycles. The largest absolute Gasteiger partial charge is 0.445 e. The van der Waals surface area contributed by atoms with Crippen LogP contribution in [-0.2, 0) is 16.1 Å². The average molecular weight is 432 g/mol. The van der Waals surface area contributed by atoms with Gasteiger partial charge in [-0.2, -0.15) is 0 Å². The molecule has 7 nitrogen and oxygen atoms in total. The van der Waals surface area contributed by atoms with Crippen LogP contribution >= 0.6 is 0 Å². The number of piperidine rings is 1. The maximum Gasteiger partial charge on any atom is 0.410 e. The summed E-state index contributed by atoms with van der Waals surface area (Å²) in [4.78, 5) is 30.8. The van der Waals surface area contributed by atoms with Gasteiger partial charge >= 0.3 is 12.2 Å². The van der Waals surface area contributed by atoms with E-state index in [1.807, 2.05) is 56.0 Å². The summed E-state index contributed by atoms with van der Waals surface area (Å²) in [6, 6.07) is 9.76. The van der Waals surface area contributed by atoms with E-state index in [1.165, 1.54) is 0 Å². The molecule has 0 spiro atoms. The molecular formula is C24H37N3O4. The van der Waals surface area contributed by atoms with Crippen molar-refractivity contribution in [2.24, 2.45) is 11.8 Å². The molecule has 0 saturated carbocycles. The number of ether oxygens (including phenoxy) is 2. The molecule has 2 aliphatic heterocycles. The molecule has 0 aromatic heterocycles. The van der Waals surface area contributed by atoms with Crippen molar-refractivity contribution in [2.75, 3.05) is 45.8 Å². The van der Waals surface area contributed by atoms with Crippen LogP contribution in [0.4, 0.5) is 9.59 Å². The second-order valence-corrected chi connectivity index (χ2v) is 9.78. The van der Waals surface area contributed by atoms with Crippen LogP contribution in [0.15, 0.2) is 30.3 Å². The number of amides is 2. The molecule has 2 saturated heterocycles. The fourth-order valence-corrected chi connectivity index (χ4v) is 4.21. The number of likely N-dealkylation sites (tertiary alicyclic amines) is 1. The molecule has 0 aliphatic carbocycles. The molecule has 31 heavy (non-hydrogen) atoms. The van der Waals surface area contributed by atoms with Crippen LogP contribution < -0.4 is 0 Å². The summed E-state index contributed by atoms with van der Waals surface area (Å²) in [5.74, 6) is 0.977. The molecular weight excluding hydrogens is 394 g/mol. The molecule has 2 atom stereocenters. The van der Waals surface area contributed by atoms with Gasteiger partial charge < -0.3 is 19.3 Å². The molecule has 2 amide bonds. The van der Waals surface area contributed by atoms with Crippen LogP contribution in [0.5, 0.6) is 0 Å². The molecule has 1 aromatic carbocycles. The fraction of sp³-hybridized carbons (Fsp3) is 0.667. The quantitative estimate of drug-likeness (QED) is 0.725. The van der Waals surface area contributed by atoms with E-state index in [1.54, 1.807) is 4.90 Å². The summed E-state index contributed by atoms with van der Waals surface area (Å²) in [7, 11) is 0. The number of hydrogen-bond donors (Lipinski definition) is 0. The first-order valence-corrected chi connectivity index (χ1v) is 11.4. The predicted octanol–water partition coefficient (Wildman–Crippen LogP) is 3.83. The van der Waals surface area contributed by atoms with Gasteiger partial charge in [0.1, 0.15) is 12.2 Å². The molecule has 0 radical (unpaired) electrons. The highest BCUT2D eigenvalue weighted by molar-refractivity contribution is 5.68. The second-order valence-electron chi connectivity index (χ2n) is 9.78. The van der Waals surface area contributed by atoms with Crippen molar-refractivity contribution >= 4 is 12.2 Å². The lowest BCUT2D eigenvalue weighted by Crippen LogP contribution is -2.52. The van der Waals surface area contributed by atoms with Crippen molar-refractivity contribution in [1.29, 1.82) is 0 Å². The number of rotatable bonds is 4. The topological polar surface area (TPSA) is 62.3 Å². The summed E-state index contributed by atoms with van der Waals surface area (Å²) >= 11 is 0. The summed E-state index contributed by atoms with van der Waals surface area (Å²) in [6.07, 6.45) is 0.544. The van der Waals surface area contributed by atoms with Gasteiger partial charge in [0.05, 0.1) is 0 Å². The third-order valence-electron chi connectivity index (χ3n) is 6.06. The molecule has 0 N–H and O–H groups in total. The first kappa shape index (κ1) is 23.4. The highest BCUT2D eigenvalue weighted by Gasteiger charge is 2.33. The minimum Gasteiger partial charge on any atom is -0.445 e. The van der Waals surface area contributed by atoms with E-state index in [-0.39, 0.29) is 12.2 Å². The van der Waals surface area contributed by atoms with E-state index in [2.05, 4.69) is 11.8 Å². The Kier molecular flexibility index (Phi) is 7.81. The van der Waals surface area contributed by atoms with Gasteiger partial charge in [-0.15, -0.1) is 0 Å². The van der Waals surface area contributed by atoms with E-state index >= 15 is 0 Å². The first-order chi connectivity index (χ1) is 14.7. The number of hydrogen-bond acceptors (Lipinski definition) is 5. The third kappa shape index (κ3) is 7.13. The monoisotopic (exact) mass is 431 g/mol. The minimum absolute atomic E-state index is 0.208. The smallest absolute Gasteiger partial charge is 0.410 e. The zero-order valence-corrected chi connectivity index (χ0v) is 19.4. The van der Waals surface area contributed by atoms with Crippen molar-refractivity contribution < 1.29 is 19.1 Å². The number of benzene rings is 1. The maximum atomic E-state index is 12.4. The van der Waals surface area contributed by atoms with Crippen LogP contribution in [0.3, 0.4) is 0 Å². The van der Waals surface area contributed by atoms with Crippen LogP contribution in [0.1, 0.15) is 39.7 Å². The normalized spacial score (nSPS) is 22.8. The summed E-state index contributed by atoms with van der Waals surface area (Å²) in [5.41, 5.74) is 0.542. The van der Waals surface area contributed by atoms with E-state index in [4.69, 9.17) is 9.47 Å². The van der Waals surface area contributed by atoms with Gasteiger partial charge in [-0.25, -0.2) is 9.59 Å². The van der Waals surface area contributed by atoms with Gasteiger partial charge in [-0.1, -0.05) is 37.3 Å². The summed E-state index contributed by atoms with van der Waals surface area (Å²) in [5, 5.41) is 0. The molecule has 1 aromatic rings. The minimum atomic E-state index is -0.459. The lowest BCUT2D eigenvalue weighted by molar-refractivity contribution is 0.00717. The van der Waals surface area contributed by atoms with Crippen LogP contribution in [0.2, 0.25) is 0 Å². The average Bonchev–Trinajstić information content (AvgIpc) is 2.73. The maximum absolute atomic E-state index is 12.4. The van der Waals surface area contributed by atoms with Gasteiger partial charge in [-0.05, 0) is 44.6 Å². The van der Waals surface area contributed by atoms with Gasteiger partial charge in [0.15, 0.2) is 0 Å². The number of carbonyl (C=O) groups excluding carboxylic acids is 2. The molecule has 0 unspecified atom stereocenters. The zero-order valence-electron chi connectivity index (χ0n) is 19.4. The van der Waals surface area contributed by atoms with Crippen molar-refractivity contribution in [2.45, 2.75) is 46.3 Å². The Balaban J connectivity index is 1.38. The standard InChI is InChI=1S/C24H37N3O4/c1-19-16-27(23(29)31-24(2,3)4)11-10-21(19)17-25-12-14-26(15-13-25)22(28)30-18-20-8-6-5-7-9-20/h5-9,19,21H,10-18H2,1-4H3/t19-,21-/m1/s1. The molecule has 2 fully saturated rings. The Bertz CT molecular complexity index is 726. The SMILES string of the molecule is C[C@@H]1CN(C(=O)OC(C)(C)C)CC[C@@H]1CN1CCN(C(=O)OCc2ccccc2)CC1. The highest BCUT2D eigenvalue weighted by Crippen LogP contribution is 2.26. The van der Waals surface area contributed by atoms with Crippen molar-refractivity contribution in [3.8, 4) is 0 Å². The molecule has 3 rings (SSSR count). The second kappa shape index (κ2) is 10.4. The molecule has 2 aliphatic rings. The summed E-state index contributed by atoms with van der Waals surface area (Å²) < 4.78 is 11.0. The van der Waals surface area contributed by atoms with Crippen molar-refractivity contribution in [3.05, 3.63) is 35.9 Å². The number of carbonyl (C=O) groups is 2. The lowest BCUT2D eigenvalue weighted by Gasteiger charge is -2.41. The van der Waals surface area contributed by atoms with Crippen LogP contribution in [0, 0.1) is 11.8 Å². The number of piperazine rings is 1. The first-order valence-electron chi connectivity index (χ1n) is 11.4. The van der Waals surface area contributed by atoms with Crippen molar-refractivity contribution in [3.63, 3.8) is 0 Å². The molecule has 0 bridgehead atoms. The zero-order chi connectivity index (χ0) is 22.4. The van der Waals surface area contributed by atoms with E-state index in [0.29, 0.717) is 31.5 Å². The van der Waals surface area contributed by atoms with E-state index in [9.17, 15) is 9.59 Å². The molecule has 7 heteroatoms. The van der Waals surface area contributed by atoms with E-state index in [0.717, 1.165) is 44.7 Å². The van der Waals surface area contributed by atoms with Gasteiger partial charge in [-0.3, -0.25) is 4.90 Å². The van der Waals surface area contributed by atoms with Gasteiger partial charge in [0, 0.05) is 45.8 Å². The Hall–Kier alpha value is -2.28. The predicted molar refractivity (Wildman–Crippen MR) is 120 cm³/mol. The van der Waals surface area contributed by atoms with Crippen molar-refractivity contribution in [1.82, 2.24) is 14.7 Å². The Morgan fingerprint density at radius 2 is 1.65 bits per heavy atom. The molecule has 172 valence electrons. The van der Waals surface area contributed by atoms with Gasteiger partial charge in [0.25, 0.3) is 0 Å². The Labute approximate surface area is 186 Å². The van der Waals surface area contributed by atoms with Crippen LogP contribution in [-0.4, -0.2) is 78.3 Å². The lowest BCUT2D eigenvalue weighted by atomic mass is 9.86.